The Morgan fingerprint density at radius 1 is 1.00 bits per heavy atom. The molecule has 192 valence electrons. The maximum Gasteiger partial charge on any atom is 0.419 e. The molecule has 5 aromatic rings. The first-order valence-electron chi connectivity index (χ1n) is 11.3. The number of nitrogens with zero attached hydrogens (tertiary/aromatic N) is 4. The molecule has 3 aromatic heterocycles. The molecule has 4 N–H and O–H groups in total. The Morgan fingerprint density at radius 2 is 1.71 bits per heavy atom. The van der Waals surface area contributed by atoms with Gasteiger partial charge in [0.2, 0.25) is 0 Å². The van der Waals surface area contributed by atoms with Crippen molar-refractivity contribution < 1.29 is 23.2 Å². The third kappa shape index (κ3) is 4.59. The molecule has 0 radical (unpaired) electrons. The quantitative estimate of drug-likeness (QED) is 0.292. The van der Waals surface area contributed by atoms with E-state index < -0.39 is 29.3 Å². The number of hydrogen-bond acceptors (Lipinski definition) is 7. The van der Waals surface area contributed by atoms with Gasteiger partial charge >= 0.3 is 5.76 Å². The lowest BCUT2D eigenvalue weighted by Crippen LogP contribution is -2.28. The van der Waals surface area contributed by atoms with Gasteiger partial charge in [0.25, 0.3) is 17.7 Å². The molecule has 38 heavy (non-hydrogen) atoms. The van der Waals surface area contributed by atoms with Crippen LogP contribution in [0.1, 0.15) is 42.5 Å². The van der Waals surface area contributed by atoms with Gasteiger partial charge in [-0.1, -0.05) is 12.1 Å². The molecule has 3 heterocycles. The highest BCUT2D eigenvalue weighted by Gasteiger charge is 2.18. The highest BCUT2D eigenvalue weighted by Crippen LogP contribution is 2.15. The standard InChI is InChI=1S/C25H20FN7O5/c1-32-18-9-14(3-5-20(18)38-25(32)37)12-28-23(35)17-10-19(33-21(31-17)6-7-30-33)24(36)29-11-13-2-4-15(22(27)34)16(26)8-13/h2-10H,11-12H2,1H3,(H2,27,34)(H,28,35)(H,29,36). The highest BCUT2D eigenvalue weighted by atomic mass is 19.1. The van der Waals surface area contributed by atoms with Crippen LogP contribution in [0.5, 0.6) is 0 Å². The number of carbonyl (C=O) groups excluding carboxylic acids is 3. The summed E-state index contributed by atoms with van der Waals surface area (Å²) in [6.07, 6.45) is 1.43. The first-order chi connectivity index (χ1) is 18.2. The van der Waals surface area contributed by atoms with Crippen LogP contribution in [0.25, 0.3) is 16.7 Å². The van der Waals surface area contributed by atoms with Gasteiger partial charge in [0, 0.05) is 32.3 Å². The molecule has 12 nitrogen and oxygen atoms in total. The molecular weight excluding hydrogens is 497 g/mol. The summed E-state index contributed by atoms with van der Waals surface area (Å²) in [5.74, 6) is -3.29. The number of fused-ring (bicyclic) bond motifs is 2. The van der Waals surface area contributed by atoms with Crippen LogP contribution in [-0.2, 0) is 20.1 Å². The fourth-order valence-corrected chi connectivity index (χ4v) is 3.89. The van der Waals surface area contributed by atoms with Crippen molar-refractivity contribution in [3.63, 3.8) is 0 Å². The zero-order valence-electron chi connectivity index (χ0n) is 19.9. The zero-order valence-corrected chi connectivity index (χ0v) is 19.9. The van der Waals surface area contributed by atoms with Gasteiger partial charge < -0.3 is 20.8 Å². The van der Waals surface area contributed by atoms with Crippen LogP contribution < -0.4 is 22.1 Å². The number of hydrogen-bond donors (Lipinski definition) is 3. The summed E-state index contributed by atoms with van der Waals surface area (Å²) < 4.78 is 21.8. The number of primary amides is 1. The van der Waals surface area contributed by atoms with Crippen molar-refractivity contribution in [2.75, 3.05) is 0 Å². The lowest BCUT2D eigenvalue weighted by atomic mass is 10.1. The molecule has 0 aliphatic carbocycles. The molecule has 3 amide bonds. The second kappa shape index (κ2) is 9.61. The van der Waals surface area contributed by atoms with Gasteiger partial charge in [-0.05, 0) is 35.4 Å². The van der Waals surface area contributed by atoms with E-state index in [1.165, 1.54) is 33.5 Å². The van der Waals surface area contributed by atoms with Crippen molar-refractivity contribution in [2.24, 2.45) is 12.8 Å². The Bertz CT molecular complexity index is 1800. The molecule has 0 bridgehead atoms. The van der Waals surface area contributed by atoms with Crippen molar-refractivity contribution in [1.82, 2.24) is 29.8 Å². The minimum absolute atomic E-state index is 0.0169. The van der Waals surface area contributed by atoms with E-state index in [-0.39, 0.29) is 35.7 Å². The molecule has 0 fully saturated rings. The SMILES string of the molecule is Cn1c(=O)oc2ccc(CNC(=O)c3cc(C(=O)NCc4ccc(C(N)=O)c(F)c4)n4nccc4n3)cc21. The Labute approximate surface area is 212 Å². The fourth-order valence-electron chi connectivity index (χ4n) is 3.89. The van der Waals surface area contributed by atoms with Crippen LogP contribution in [0, 0.1) is 5.82 Å². The molecule has 0 spiro atoms. The first kappa shape index (κ1) is 24.4. The van der Waals surface area contributed by atoms with Crippen LogP contribution in [0.2, 0.25) is 0 Å². The van der Waals surface area contributed by atoms with Crippen LogP contribution >= 0.6 is 0 Å². The van der Waals surface area contributed by atoms with Gasteiger partial charge in [-0.2, -0.15) is 5.10 Å². The van der Waals surface area contributed by atoms with Crippen molar-refractivity contribution in [3.8, 4) is 0 Å². The number of carbonyl (C=O) groups is 3. The minimum atomic E-state index is -0.894. The number of aromatic nitrogens is 4. The van der Waals surface area contributed by atoms with Crippen LogP contribution in [0.3, 0.4) is 0 Å². The summed E-state index contributed by atoms with van der Waals surface area (Å²) >= 11 is 0. The van der Waals surface area contributed by atoms with E-state index in [2.05, 4.69) is 20.7 Å². The predicted molar refractivity (Wildman–Crippen MR) is 132 cm³/mol. The van der Waals surface area contributed by atoms with E-state index in [4.69, 9.17) is 10.2 Å². The lowest BCUT2D eigenvalue weighted by Gasteiger charge is -2.10. The summed E-state index contributed by atoms with van der Waals surface area (Å²) in [7, 11) is 1.58. The smallest absolute Gasteiger partial charge is 0.408 e. The average Bonchev–Trinajstić information content (AvgIpc) is 3.49. The Balaban J connectivity index is 1.33. The second-order valence-electron chi connectivity index (χ2n) is 8.40. The first-order valence-corrected chi connectivity index (χ1v) is 11.3. The molecule has 0 atom stereocenters. The summed E-state index contributed by atoms with van der Waals surface area (Å²) in [6, 6.07) is 11.7. The van der Waals surface area contributed by atoms with E-state index in [0.29, 0.717) is 16.7 Å². The van der Waals surface area contributed by atoms with Crippen molar-refractivity contribution in [3.05, 3.63) is 99.2 Å². The number of nitrogens with one attached hydrogen (secondary N) is 2. The summed E-state index contributed by atoms with van der Waals surface area (Å²) in [4.78, 5) is 53.1. The molecule has 13 heteroatoms. The number of rotatable bonds is 7. The van der Waals surface area contributed by atoms with Gasteiger partial charge in [-0.15, -0.1) is 0 Å². The molecule has 0 aliphatic heterocycles. The molecule has 0 saturated heterocycles. The van der Waals surface area contributed by atoms with Crippen LogP contribution in [-0.4, -0.2) is 36.9 Å². The molecule has 0 unspecified atom stereocenters. The average molecular weight is 517 g/mol. The van der Waals surface area contributed by atoms with Gasteiger partial charge in [0.05, 0.1) is 17.3 Å². The Hall–Kier alpha value is -5.33. The van der Waals surface area contributed by atoms with E-state index >= 15 is 0 Å². The Morgan fingerprint density at radius 3 is 2.45 bits per heavy atom. The van der Waals surface area contributed by atoms with E-state index in [0.717, 1.165) is 11.6 Å². The summed E-state index contributed by atoms with van der Waals surface area (Å²) in [5.41, 5.74) is 7.30. The van der Waals surface area contributed by atoms with E-state index in [1.54, 1.807) is 31.3 Å². The van der Waals surface area contributed by atoms with Crippen molar-refractivity contribution >= 4 is 34.5 Å². The normalized spacial score (nSPS) is 11.1. The van der Waals surface area contributed by atoms with Gasteiger partial charge in [-0.3, -0.25) is 19.0 Å². The van der Waals surface area contributed by atoms with Crippen LogP contribution in [0.4, 0.5) is 4.39 Å². The molecule has 0 aliphatic rings. The number of aryl methyl sites for hydroxylation is 1. The lowest BCUT2D eigenvalue weighted by molar-refractivity contribution is 0.0940. The molecule has 2 aromatic carbocycles. The number of oxazole rings is 1. The largest absolute Gasteiger partial charge is 0.419 e. The van der Waals surface area contributed by atoms with Crippen molar-refractivity contribution in [1.29, 1.82) is 0 Å². The van der Waals surface area contributed by atoms with E-state index in [1.807, 2.05) is 0 Å². The van der Waals surface area contributed by atoms with Gasteiger partial charge in [0.15, 0.2) is 11.2 Å². The summed E-state index contributed by atoms with van der Waals surface area (Å²) in [6.45, 7) is 0.0784. The van der Waals surface area contributed by atoms with Crippen molar-refractivity contribution in [2.45, 2.75) is 13.1 Å². The summed E-state index contributed by atoms with van der Waals surface area (Å²) in [5, 5.41) is 9.48. The maximum absolute atomic E-state index is 14.0. The fraction of sp³-hybridized carbons (Fsp3) is 0.120. The minimum Gasteiger partial charge on any atom is -0.408 e. The van der Waals surface area contributed by atoms with Crippen LogP contribution in [0.15, 0.2) is 63.9 Å². The van der Waals surface area contributed by atoms with E-state index in [9.17, 15) is 23.6 Å². The Kier molecular flexibility index (Phi) is 6.16. The molecule has 5 rings (SSSR count). The van der Waals surface area contributed by atoms with Gasteiger partial charge in [-0.25, -0.2) is 18.7 Å². The third-order valence-corrected chi connectivity index (χ3v) is 5.89. The highest BCUT2D eigenvalue weighted by molar-refractivity contribution is 5.98. The number of halogens is 1. The molecule has 0 saturated carbocycles. The molecular formula is C25H20FN7O5. The maximum atomic E-state index is 14.0. The number of benzene rings is 2. The third-order valence-electron chi connectivity index (χ3n) is 5.89. The zero-order chi connectivity index (χ0) is 27.0. The number of amides is 3. The topological polar surface area (TPSA) is 167 Å². The monoisotopic (exact) mass is 517 g/mol. The second-order valence-corrected chi connectivity index (χ2v) is 8.40. The predicted octanol–water partition coefficient (Wildman–Crippen LogP) is 1.27. The van der Waals surface area contributed by atoms with Gasteiger partial charge in [0.1, 0.15) is 17.2 Å². The number of nitrogens with two attached hydrogens (primary N) is 1.